The largest absolute Gasteiger partial charge is 0.364 e. The number of hydrogen-bond donors (Lipinski definition) is 2. The van der Waals surface area contributed by atoms with Crippen LogP contribution in [0.4, 0.5) is 0 Å². The molecule has 9 aliphatic rings. The van der Waals surface area contributed by atoms with Crippen LogP contribution in [0.15, 0.2) is 60.0 Å². The van der Waals surface area contributed by atoms with Crippen molar-refractivity contribution in [2.45, 2.75) is 98.9 Å². The smallest absolute Gasteiger partial charge is 0.0858 e. The third-order valence-corrected chi connectivity index (χ3v) is 18.0. The summed E-state index contributed by atoms with van der Waals surface area (Å²) < 4.78 is 0. The van der Waals surface area contributed by atoms with Gasteiger partial charge in [0.05, 0.1) is 5.16 Å². The molecule has 0 saturated heterocycles. The first-order valence-corrected chi connectivity index (χ1v) is 18.4. The van der Waals surface area contributed by atoms with Crippen LogP contribution in [-0.4, -0.2) is 26.4 Å². The quantitative estimate of drug-likeness (QED) is 0.319. The Bertz CT molecular complexity index is 1150. The minimum atomic E-state index is -0.199. The number of allylic oxidation sites excluding steroid dienone is 4. The Morgan fingerprint density at radius 1 is 0.718 bits per heavy atom. The monoisotopic (exact) mass is 556 g/mol. The molecule has 2 aromatic rings. The molecule has 8 bridgehead atoms. The van der Waals surface area contributed by atoms with E-state index >= 15 is 0 Å². The molecule has 0 radical (unpaired) electrons. The average molecular weight is 557 g/mol. The number of rotatable bonds is 7. The lowest BCUT2D eigenvalue weighted by atomic mass is 9.55. The molecule has 2 aromatic heterocycles. The molecule has 2 N–H and O–H groups in total. The molecule has 9 aliphatic carbocycles. The highest BCUT2D eigenvalue weighted by molar-refractivity contribution is 7.61. The van der Waals surface area contributed by atoms with E-state index in [9.17, 15) is 0 Å². The van der Waals surface area contributed by atoms with E-state index in [0.717, 1.165) is 41.9 Å². The van der Waals surface area contributed by atoms with Crippen molar-refractivity contribution in [3.05, 3.63) is 71.3 Å². The van der Waals surface area contributed by atoms with Crippen molar-refractivity contribution < 1.29 is 0 Å². The number of nitrogens with one attached hydrogen (secondary N) is 2. The van der Waals surface area contributed by atoms with Gasteiger partial charge in [-0.25, -0.2) is 0 Å². The number of aromatic amines is 2. The SMILES string of the molecule is PC(C1=C(CP(C23CC4CC(CC(C4)C2)C3)C23CC4CC(CC(C4)C2)C3)C=CC1)(c1ccc[nH]1)c1ccc[nH]1. The molecule has 0 spiro atoms. The second kappa shape index (κ2) is 8.71. The molecule has 0 amide bonds. The Morgan fingerprint density at radius 2 is 1.15 bits per heavy atom. The van der Waals surface area contributed by atoms with Crippen molar-refractivity contribution in [1.29, 1.82) is 0 Å². The summed E-state index contributed by atoms with van der Waals surface area (Å²) in [5, 5.41) is 1.18. The highest BCUT2D eigenvalue weighted by Crippen LogP contribution is 2.79. The summed E-state index contributed by atoms with van der Waals surface area (Å²) in [6.07, 6.45) is 30.8. The molecule has 0 aromatic carbocycles. The van der Waals surface area contributed by atoms with E-state index < -0.39 is 0 Å². The van der Waals surface area contributed by atoms with Crippen molar-refractivity contribution in [2.24, 2.45) is 35.5 Å². The van der Waals surface area contributed by atoms with Gasteiger partial charge in [0, 0.05) is 23.8 Å². The number of aromatic nitrogens is 2. The normalized spacial score (nSPS) is 42.7. The Balaban J connectivity index is 1.17. The van der Waals surface area contributed by atoms with E-state index in [1.165, 1.54) is 17.5 Å². The van der Waals surface area contributed by atoms with Crippen LogP contribution in [0.2, 0.25) is 0 Å². The maximum atomic E-state index is 3.64. The zero-order chi connectivity index (χ0) is 25.8. The Morgan fingerprint density at radius 3 is 1.54 bits per heavy atom. The molecule has 11 rings (SSSR count). The third-order valence-electron chi connectivity index (χ3n) is 13.0. The summed E-state index contributed by atoms with van der Waals surface area (Å²) in [4.78, 5) is 7.27. The van der Waals surface area contributed by atoms with Gasteiger partial charge in [0.1, 0.15) is 0 Å². The summed E-state index contributed by atoms with van der Waals surface area (Å²) in [5.41, 5.74) is 5.96. The van der Waals surface area contributed by atoms with Crippen molar-refractivity contribution in [3.8, 4) is 0 Å². The highest BCUT2D eigenvalue weighted by Gasteiger charge is 2.62. The van der Waals surface area contributed by atoms with Crippen LogP contribution < -0.4 is 0 Å². The first-order chi connectivity index (χ1) is 19.0. The van der Waals surface area contributed by atoms with E-state index in [-0.39, 0.29) is 13.1 Å². The van der Waals surface area contributed by atoms with E-state index in [1.807, 2.05) is 0 Å². The fourth-order valence-electron chi connectivity index (χ4n) is 12.5. The predicted molar refractivity (Wildman–Crippen MR) is 166 cm³/mol. The molecule has 206 valence electrons. The first-order valence-electron chi connectivity index (χ1n) is 16.2. The molecular weight excluding hydrogens is 510 g/mol. The maximum absolute atomic E-state index is 3.64. The second-order valence-electron chi connectivity index (χ2n) is 15.5. The van der Waals surface area contributed by atoms with Crippen LogP contribution >= 0.6 is 17.2 Å². The summed E-state index contributed by atoms with van der Waals surface area (Å²) in [7, 11) is 3.29. The van der Waals surface area contributed by atoms with Crippen molar-refractivity contribution in [3.63, 3.8) is 0 Å². The third kappa shape index (κ3) is 3.65. The first kappa shape index (κ1) is 24.5. The molecular formula is C35H46N2P2. The van der Waals surface area contributed by atoms with Crippen LogP contribution in [-0.2, 0) is 5.16 Å². The Hall–Kier alpha value is -1.10. The van der Waals surface area contributed by atoms with Gasteiger partial charge in [-0.1, -0.05) is 20.1 Å². The lowest BCUT2D eigenvalue weighted by Crippen LogP contribution is -2.57. The molecule has 1 unspecified atom stereocenters. The van der Waals surface area contributed by atoms with E-state index in [2.05, 4.69) is 68.0 Å². The Kier molecular flexibility index (Phi) is 5.47. The van der Waals surface area contributed by atoms with E-state index in [0.29, 0.717) is 10.3 Å². The fourth-order valence-corrected chi connectivity index (χ4v) is 18.4. The summed E-state index contributed by atoms with van der Waals surface area (Å²) in [6.45, 7) is 0. The molecule has 1 atom stereocenters. The summed E-state index contributed by atoms with van der Waals surface area (Å²) >= 11 is 0. The van der Waals surface area contributed by atoms with Crippen molar-refractivity contribution >= 4 is 17.2 Å². The number of hydrogen-bond acceptors (Lipinski definition) is 0. The Labute approximate surface area is 238 Å². The van der Waals surface area contributed by atoms with Gasteiger partial charge in [0.2, 0.25) is 0 Å². The minimum Gasteiger partial charge on any atom is -0.364 e. The lowest BCUT2D eigenvalue weighted by Gasteiger charge is -2.67. The molecule has 0 aliphatic heterocycles. The van der Waals surface area contributed by atoms with E-state index in [4.69, 9.17) is 0 Å². The van der Waals surface area contributed by atoms with Crippen molar-refractivity contribution in [1.82, 2.24) is 9.97 Å². The van der Waals surface area contributed by atoms with Crippen LogP contribution in [0, 0.1) is 35.5 Å². The maximum Gasteiger partial charge on any atom is 0.0858 e. The zero-order valence-electron chi connectivity index (χ0n) is 23.5. The second-order valence-corrected chi connectivity index (χ2v) is 19.4. The molecule has 8 fully saturated rings. The standard InChI is InChI=1S/C35H46N2P2/c38-35(31-6-2-8-36-31,32-7-3-9-37-32)30-5-1-4-29(30)22-39(33-16-23-10-24(17-33)12-25(11-23)18-33)34-19-26-13-27(20-34)15-28(14-26)21-34/h1-4,6-9,23-28,36-37H,5,10-22,38H2. The topological polar surface area (TPSA) is 31.6 Å². The van der Waals surface area contributed by atoms with Gasteiger partial charge in [-0.15, -0.1) is 9.24 Å². The molecule has 8 saturated carbocycles. The summed E-state index contributed by atoms with van der Waals surface area (Å²) in [6, 6.07) is 8.96. The van der Waals surface area contributed by atoms with Gasteiger partial charge in [0.25, 0.3) is 0 Å². The zero-order valence-corrected chi connectivity index (χ0v) is 25.6. The molecule has 4 heteroatoms. The molecule has 39 heavy (non-hydrogen) atoms. The average Bonchev–Trinajstić information content (AvgIpc) is 3.69. The van der Waals surface area contributed by atoms with Gasteiger partial charge in [-0.2, -0.15) is 0 Å². The molecule has 2 nitrogen and oxygen atoms in total. The number of H-pyrrole nitrogens is 2. The highest BCUT2D eigenvalue weighted by atomic mass is 31.1. The van der Waals surface area contributed by atoms with Gasteiger partial charge in [-0.05, 0) is 171 Å². The van der Waals surface area contributed by atoms with Crippen LogP contribution in [0.3, 0.4) is 0 Å². The van der Waals surface area contributed by atoms with Crippen molar-refractivity contribution in [2.75, 3.05) is 6.16 Å². The molecule has 2 heterocycles. The van der Waals surface area contributed by atoms with Gasteiger partial charge >= 0.3 is 0 Å². The van der Waals surface area contributed by atoms with Gasteiger partial charge in [-0.3, -0.25) is 0 Å². The van der Waals surface area contributed by atoms with E-state index in [1.54, 1.807) is 88.2 Å². The van der Waals surface area contributed by atoms with Crippen LogP contribution in [0.25, 0.3) is 0 Å². The van der Waals surface area contributed by atoms with Crippen LogP contribution in [0.1, 0.15) is 94.9 Å². The van der Waals surface area contributed by atoms with Gasteiger partial charge < -0.3 is 9.97 Å². The fraction of sp³-hybridized carbons (Fsp3) is 0.657. The minimum absolute atomic E-state index is 0.0474. The summed E-state index contributed by atoms with van der Waals surface area (Å²) in [5.74, 6) is 6.34. The lowest BCUT2D eigenvalue weighted by molar-refractivity contribution is 0.0187. The van der Waals surface area contributed by atoms with Gasteiger partial charge in [0.15, 0.2) is 0 Å². The van der Waals surface area contributed by atoms with Crippen LogP contribution in [0.5, 0.6) is 0 Å². The predicted octanol–water partition coefficient (Wildman–Crippen LogP) is 9.14.